The largest absolute Gasteiger partial charge is 0.368 e. The predicted molar refractivity (Wildman–Crippen MR) is 63.9 cm³/mol. The average molecular weight is 233 g/mol. The highest BCUT2D eigenvalue weighted by atomic mass is 32.1. The van der Waals surface area contributed by atoms with Crippen molar-refractivity contribution >= 4 is 28.2 Å². The highest BCUT2D eigenvalue weighted by Gasteiger charge is 2.16. The summed E-state index contributed by atoms with van der Waals surface area (Å²) in [6.07, 6.45) is 5.11. The van der Waals surface area contributed by atoms with Crippen molar-refractivity contribution in [2.45, 2.75) is 19.3 Å². The van der Waals surface area contributed by atoms with E-state index in [2.05, 4.69) is 20.3 Å². The Balaban J connectivity index is 1.83. The van der Waals surface area contributed by atoms with Crippen LogP contribution in [-0.4, -0.2) is 15.0 Å². The number of hydrogen-bond acceptors (Lipinski definition) is 6. The SMILES string of the molecule is Nc1nccc(Nc2nc3c(s2)CCC3)n1. The molecule has 0 radical (unpaired) electrons. The smallest absolute Gasteiger partial charge is 0.221 e. The Morgan fingerprint density at radius 2 is 2.25 bits per heavy atom. The molecule has 82 valence electrons. The quantitative estimate of drug-likeness (QED) is 0.826. The van der Waals surface area contributed by atoms with Gasteiger partial charge in [-0.05, 0) is 25.3 Å². The monoisotopic (exact) mass is 233 g/mol. The molecule has 0 amide bonds. The van der Waals surface area contributed by atoms with Crippen LogP contribution in [0.1, 0.15) is 17.0 Å². The Morgan fingerprint density at radius 3 is 3.06 bits per heavy atom. The first-order valence-corrected chi connectivity index (χ1v) is 5.97. The van der Waals surface area contributed by atoms with Crippen LogP contribution in [0.25, 0.3) is 0 Å². The molecule has 0 fully saturated rings. The normalized spacial score (nSPS) is 13.8. The predicted octanol–water partition coefficient (Wildman–Crippen LogP) is 1.75. The van der Waals surface area contributed by atoms with Crippen LogP contribution < -0.4 is 11.1 Å². The Bertz CT molecular complexity index is 500. The molecule has 0 atom stereocenters. The van der Waals surface area contributed by atoms with Gasteiger partial charge in [-0.25, -0.2) is 9.97 Å². The number of aryl methyl sites for hydroxylation is 2. The van der Waals surface area contributed by atoms with E-state index in [-0.39, 0.29) is 5.95 Å². The van der Waals surface area contributed by atoms with Gasteiger partial charge in [0.05, 0.1) is 5.69 Å². The Kier molecular flexibility index (Phi) is 2.21. The highest BCUT2D eigenvalue weighted by Crippen LogP contribution is 2.31. The van der Waals surface area contributed by atoms with Crippen LogP contribution in [0.2, 0.25) is 0 Å². The van der Waals surface area contributed by atoms with E-state index in [1.54, 1.807) is 23.6 Å². The van der Waals surface area contributed by atoms with E-state index < -0.39 is 0 Å². The molecule has 1 aliphatic carbocycles. The molecule has 5 nitrogen and oxygen atoms in total. The van der Waals surface area contributed by atoms with Gasteiger partial charge < -0.3 is 11.1 Å². The molecule has 0 aliphatic heterocycles. The minimum atomic E-state index is 0.272. The summed E-state index contributed by atoms with van der Waals surface area (Å²) in [5.74, 6) is 0.967. The van der Waals surface area contributed by atoms with Gasteiger partial charge in [0, 0.05) is 11.1 Å². The lowest BCUT2D eigenvalue weighted by Gasteiger charge is -2.01. The van der Waals surface area contributed by atoms with Crippen molar-refractivity contribution in [3.8, 4) is 0 Å². The number of thiazole rings is 1. The van der Waals surface area contributed by atoms with Crippen molar-refractivity contribution in [2.24, 2.45) is 0 Å². The van der Waals surface area contributed by atoms with Gasteiger partial charge in [0.25, 0.3) is 0 Å². The Labute approximate surface area is 96.8 Å². The maximum Gasteiger partial charge on any atom is 0.221 e. The van der Waals surface area contributed by atoms with Crippen LogP contribution in [0, 0.1) is 0 Å². The van der Waals surface area contributed by atoms with Crippen LogP contribution in [0.3, 0.4) is 0 Å². The van der Waals surface area contributed by atoms with Crippen molar-refractivity contribution in [3.05, 3.63) is 22.8 Å². The van der Waals surface area contributed by atoms with Gasteiger partial charge in [-0.3, -0.25) is 0 Å². The first-order valence-electron chi connectivity index (χ1n) is 5.15. The topological polar surface area (TPSA) is 76.7 Å². The molecule has 0 saturated heterocycles. The molecule has 0 unspecified atom stereocenters. The zero-order chi connectivity index (χ0) is 11.0. The van der Waals surface area contributed by atoms with Crippen molar-refractivity contribution in [1.29, 1.82) is 0 Å². The molecule has 16 heavy (non-hydrogen) atoms. The number of fused-ring (bicyclic) bond motifs is 1. The summed E-state index contributed by atoms with van der Waals surface area (Å²) in [5, 5.41) is 4.04. The van der Waals surface area contributed by atoms with Gasteiger partial charge in [0.2, 0.25) is 5.95 Å². The summed E-state index contributed by atoms with van der Waals surface area (Å²) < 4.78 is 0. The molecule has 0 spiro atoms. The summed E-state index contributed by atoms with van der Waals surface area (Å²) in [7, 11) is 0. The second-order valence-electron chi connectivity index (χ2n) is 3.67. The van der Waals surface area contributed by atoms with E-state index in [1.807, 2.05) is 0 Å². The molecule has 2 aromatic heterocycles. The molecule has 3 N–H and O–H groups in total. The number of rotatable bonds is 2. The van der Waals surface area contributed by atoms with Crippen molar-refractivity contribution in [2.75, 3.05) is 11.1 Å². The first-order chi connectivity index (χ1) is 7.81. The molecule has 6 heteroatoms. The van der Waals surface area contributed by atoms with Crippen LogP contribution in [-0.2, 0) is 12.8 Å². The lowest BCUT2D eigenvalue weighted by molar-refractivity contribution is 0.900. The summed E-state index contributed by atoms with van der Waals surface area (Å²) in [6, 6.07) is 1.78. The molecule has 3 rings (SSSR count). The zero-order valence-electron chi connectivity index (χ0n) is 8.60. The average Bonchev–Trinajstić information content (AvgIpc) is 2.77. The van der Waals surface area contributed by atoms with Gasteiger partial charge >= 0.3 is 0 Å². The lowest BCUT2D eigenvalue weighted by atomic mass is 10.4. The van der Waals surface area contributed by atoms with Crippen molar-refractivity contribution < 1.29 is 0 Å². The summed E-state index contributed by atoms with van der Waals surface area (Å²) in [6.45, 7) is 0. The van der Waals surface area contributed by atoms with Gasteiger partial charge in [-0.2, -0.15) is 4.98 Å². The zero-order valence-corrected chi connectivity index (χ0v) is 9.42. The molecule has 0 saturated carbocycles. The van der Waals surface area contributed by atoms with Crippen molar-refractivity contribution in [1.82, 2.24) is 15.0 Å². The standard InChI is InChI=1S/C10H11N5S/c11-9-12-5-4-8(14-9)15-10-13-6-2-1-3-7(6)16-10/h4-5H,1-3H2,(H3,11,12,13,14,15). The fourth-order valence-electron chi connectivity index (χ4n) is 1.80. The van der Waals surface area contributed by atoms with E-state index in [0.29, 0.717) is 5.82 Å². The van der Waals surface area contributed by atoms with Crippen molar-refractivity contribution in [3.63, 3.8) is 0 Å². The fraction of sp³-hybridized carbons (Fsp3) is 0.300. The van der Waals surface area contributed by atoms with Gasteiger partial charge in [0.15, 0.2) is 5.13 Å². The molecule has 0 aromatic carbocycles. The number of aromatic nitrogens is 3. The van der Waals surface area contributed by atoms with Gasteiger partial charge in [0.1, 0.15) is 5.82 Å². The second kappa shape index (κ2) is 3.71. The molecule has 2 aromatic rings. The number of hydrogen-bond donors (Lipinski definition) is 2. The second-order valence-corrected chi connectivity index (χ2v) is 4.75. The van der Waals surface area contributed by atoms with Crippen LogP contribution in [0.5, 0.6) is 0 Å². The Hall–Kier alpha value is -1.69. The van der Waals surface area contributed by atoms with Crippen LogP contribution >= 0.6 is 11.3 Å². The maximum atomic E-state index is 5.51. The number of nitrogens with two attached hydrogens (primary N) is 1. The number of nitrogen functional groups attached to an aromatic ring is 1. The third-order valence-electron chi connectivity index (χ3n) is 2.50. The lowest BCUT2D eigenvalue weighted by Crippen LogP contribution is -1.98. The summed E-state index contributed by atoms with van der Waals surface area (Å²) in [5.41, 5.74) is 6.74. The van der Waals surface area contributed by atoms with E-state index in [0.717, 1.165) is 18.0 Å². The highest BCUT2D eigenvalue weighted by molar-refractivity contribution is 7.15. The van der Waals surface area contributed by atoms with E-state index >= 15 is 0 Å². The summed E-state index contributed by atoms with van der Waals surface area (Å²) >= 11 is 1.70. The minimum Gasteiger partial charge on any atom is -0.368 e. The first kappa shape index (κ1) is 9.53. The van der Waals surface area contributed by atoms with Crippen LogP contribution in [0.4, 0.5) is 16.9 Å². The van der Waals surface area contributed by atoms with E-state index in [4.69, 9.17) is 5.73 Å². The third kappa shape index (κ3) is 1.71. The summed E-state index contributed by atoms with van der Waals surface area (Å²) in [4.78, 5) is 13.8. The minimum absolute atomic E-state index is 0.272. The molecule has 0 bridgehead atoms. The number of nitrogens with one attached hydrogen (secondary N) is 1. The van der Waals surface area contributed by atoms with E-state index in [1.165, 1.54) is 17.0 Å². The maximum absolute atomic E-state index is 5.51. The molecular formula is C10H11N5S. The fourth-order valence-corrected chi connectivity index (χ4v) is 2.85. The van der Waals surface area contributed by atoms with Gasteiger partial charge in [-0.15, -0.1) is 11.3 Å². The van der Waals surface area contributed by atoms with Crippen LogP contribution in [0.15, 0.2) is 12.3 Å². The number of nitrogens with zero attached hydrogens (tertiary/aromatic N) is 3. The van der Waals surface area contributed by atoms with E-state index in [9.17, 15) is 0 Å². The molecular weight excluding hydrogens is 222 g/mol. The van der Waals surface area contributed by atoms with Gasteiger partial charge in [-0.1, -0.05) is 0 Å². The molecule has 1 aliphatic rings. The molecule has 2 heterocycles. The Morgan fingerprint density at radius 1 is 1.31 bits per heavy atom. The number of anilines is 3. The third-order valence-corrected chi connectivity index (χ3v) is 3.58.